The summed E-state index contributed by atoms with van der Waals surface area (Å²) in [7, 11) is 0. The van der Waals surface area contributed by atoms with Crippen LogP contribution in [-0.4, -0.2) is 88.7 Å². The number of hydrogen-bond acceptors (Lipinski definition) is 8. The van der Waals surface area contributed by atoms with Crippen LogP contribution in [0.15, 0.2) is 30.7 Å². The minimum atomic E-state index is -0.487. The lowest BCUT2D eigenvalue weighted by molar-refractivity contribution is 0.0465. The monoisotopic (exact) mass is 638 g/mol. The Kier molecular flexibility index (Phi) is 10.4. The molecule has 2 amide bonds. The number of amides is 2. The predicted molar refractivity (Wildman–Crippen MR) is 176 cm³/mol. The summed E-state index contributed by atoms with van der Waals surface area (Å²) in [6.45, 7) is 17.0. The van der Waals surface area contributed by atoms with E-state index in [2.05, 4.69) is 25.1 Å². The van der Waals surface area contributed by atoms with Gasteiger partial charge < -0.3 is 29.5 Å². The zero-order valence-electron chi connectivity index (χ0n) is 28.4. The molecular formula is C35H51FN6O4. The molecule has 11 heteroatoms. The Hall–Kier alpha value is -3.47. The van der Waals surface area contributed by atoms with Crippen LogP contribution in [0, 0.1) is 17.2 Å². The van der Waals surface area contributed by atoms with Gasteiger partial charge in [0.05, 0.1) is 11.8 Å². The second-order valence-corrected chi connectivity index (χ2v) is 14.7. The van der Waals surface area contributed by atoms with Crippen LogP contribution in [-0.2, 0) is 4.74 Å². The van der Waals surface area contributed by atoms with Gasteiger partial charge in [-0.3, -0.25) is 4.79 Å². The first-order valence-electron chi connectivity index (χ1n) is 16.9. The highest BCUT2D eigenvalue weighted by molar-refractivity contribution is 5.97. The number of carbonyl (C=O) groups excluding carboxylic acids is 2. The van der Waals surface area contributed by atoms with Gasteiger partial charge in [-0.05, 0) is 117 Å². The molecule has 1 aliphatic carbocycles. The van der Waals surface area contributed by atoms with Crippen molar-refractivity contribution in [1.29, 1.82) is 0 Å². The number of nitrogens with zero attached hydrogens (tertiary/aromatic N) is 5. The topological polar surface area (TPSA) is 100 Å². The van der Waals surface area contributed by atoms with E-state index in [1.807, 2.05) is 41.5 Å². The molecule has 0 unspecified atom stereocenters. The lowest BCUT2D eigenvalue weighted by Gasteiger charge is -2.54. The van der Waals surface area contributed by atoms with E-state index in [4.69, 9.17) is 9.47 Å². The number of piperidine rings is 1. The molecular weight excluding hydrogens is 587 g/mol. The van der Waals surface area contributed by atoms with Gasteiger partial charge in [0, 0.05) is 43.7 Å². The predicted octanol–water partition coefficient (Wildman–Crippen LogP) is 6.26. The van der Waals surface area contributed by atoms with Crippen molar-refractivity contribution < 1.29 is 23.5 Å². The molecule has 1 aromatic carbocycles. The highest BCUT2D eigenvalue weighted by atomic mass is 19.1. The van der Waals surface area contributed by atoms with Crippen LogP contribution < -0.4 is 15.0 Å². The molecule has 5 rings (SSSR count). The van der Waals surface area contributed by atoms with Crippen LogP contribution in [0.1, 0.15) is 90.4 Å². The van der Waals surface area contributed by atoms with Gasteiger partial charge in [-0.1, -0.05) is 0 Å². The molecule has 3 fully saturated rings. The van der Waals surface area contributed by atoms with E-state index >= 15 is 0 Å². The Bertz CT molecular complexity index is 1360. The molecule has 252 valence electrons. The Balaban J connectivity index is 1.12. The third-order valence-electron chi connectivity index (χ3n) is 9.63. The summed E-state index contributed by atoms with van der Waals surface area (Å²) >= 11 is 0. The molecule has 1 saturated carbocycles. The summed E-state index contributed by atoms with van der Waals surface area (Å²) in [4.78, 5) is 40.8. The van der Waals surface area contributed by atoms with Crippen molar-refractivity contribution in [3.63, 3.8) is 0 Å². The van der Waals surface area contributed by atoms with Gasteiger partial charge in [0.2, 0.25) is 0 Å². The first-order valence-corrected chi connectivity index (χ1v) is 16.9. The zero-order valence-corrected chi connectivity index (χ0v) is 28.4. The van der Waals surface area contributed by atoms with Crippen molar-refractivity contribution in [2.45, 2.75) is 97.8 Å². The second kappa shape index (κ2) is 14.1. The molecule has 3 heterocycles. The number of nitrogens with one attached hydrogen (secondary N) is 1. The molecule has 46 heavy (non-hydrogen) atoms. The number of hydrogen-bond donors (Lipinski definition) is 1. The van der Waals surface area contributed by atoms with Crippen LogP contribution in [0.2, 0.25) is 0 Å². The fourth-order valence-electron chi connectivity index (χ4n) is 7.16. The SMILES string of the molecule is CCN(C(=O)c1cc(F)ccc1Oc1cncnc1N1CC2(CCN(C[C@H]3CC[C@H](NC(=O)OC(C)(C)C)CC3)CC2)C1)C(C)C. The van der Waals surface area contributed by atoms with Gasteiger partial charge in [0.15, 0.2) is 11.6 Å². The number of ether oxygens (including phenoxy) is 2. The Morgan fingerprint density at radius 1 is 1.11 bits per heavy atom. The second-order valence-electron chi connectivity index (χ2n) is 14.7. The summed E-state index contributed by atoms with van der Waals surface area (Å²) in [5.41, 5.74) is -0.0378. The van der Waals surface area contributed by atoms with Gasteiger partial charge in [0.25, 0.3) is 5.91 Å². The van der Waals surface area contributed by atoms with Gasteiger partial charge in [-0.2, -0.15) is 0 Å². The number of rotatable bonds is 9. The van der Waals surface area contributed by atoms with Crippen LogP contribution in [0.3, 0.4) is 0 Å². The molecule has 1 N–H and O–H groups in total. The standard InChI is InChI=1S/C35H51FN6O4/c1-7-42(24(2)3)32(43)28-18-26(36)10-13-29(28)45-30-19-37-23-38-31(30)41-21-35(22-41)14-16-40(17-15-35)20-25-8-11-27(12-9-25)39-33(44)46-34(4,5)6/h10,13,18-19,23-25,27H,7-9,11-12,14-17,20-22H2,1-6H3,(H,39,44)/t25-,27-. The number of alkyl carbamates (subject to hydrolysis) is 1. The molecule has 0 atom stereocenters. The minimum Gasteiger partial charge on any atom is -0.451 e. The third kappa shape index (κ3) is 8.27. The highest BCUT2D eigenvalue weighted by Gasteiger charge is 2.46. The molecule has 1 aromatic heterocycles. The van der Waals surface area contributed by atoms with E-state index in [1.54, 1.807) is 11.1 Å². The number of benzene rings is 1. The molecule has 10 nitrogen and oxygen atoms in total. The average molecular weight is 639 g/mol. The Morgan fingerprint density at radius 3 is 2.43 bits per heavy atom. The van der Waals surface area contributed by atoms with Crippen molar-refractivity contribution in [1.82, 2.24) is 25.1 Å². The van der Waals surface area contributed by atoms with Crippen LogP contribution in [0.4, 0.5) is 15.0 Å². The Labute approximate surface area is 273 Å². The van der Waals surface area contributed by atoms with E-state index in [0.29, 0.717) is 29.8 Å². The van der Waals surface area contributed by atoms with E-state index in [1.165, 1.54) is 24.5 Å². The number of likely N-dealkylation sites (tertiary alicyclic amines) is 1. The quantitative estimate of drug-likeness (QED) is 0.344. The van der Waals surface area contributed by atoms with Gasteiger partial charge in [0.1, 0.15) is 23.5 Å². The third-order valence-corrected chi connectivity index (χ3v) is 9.63. The maximum atomic E-state index is 14.3. The number of carbonyl (C=O) groups is 2. The largest absolute Gasteiger partial charge is 0.451 e. The van der Waals surface area contributed by atoms with Crippen molar-refractivity contribution in [2.75, 3.05) is 44.2 Å². The molecule has 2 aromatic rings. The normalized spacial score (nSPS) is 21.5. The summed E-state index contributed by atoms with van der Waals surface area (Å²) in [6.07, 6.45) is 9.35. The maximum absolute atomic E-state index is 14.3. The van der Waals surface area contributed by atoms with E-state index in [0.717, 1.165) is 71.2 Å². The van der Waals surface area contributed by atoms with Crippen LogP contribution in [0.5, 0.6) is 11.5 Å². The highest BCUT2D eigenvalue weighted by Crippen LogP contribution is 2.45. The maximum Gasteiger partial charge on any atom is 0.407 e. The van der Waals surface area contributed by atoms with Crippen molar-refractivity contribution in [2.24, 2.45) is 11.3 Å². The van der Waals surface area contributed by atoms with Crippen LogP contribution in [0.25, 0.3) is 0 Å². The fraction of sp³-hybridized carbons (Fsp3) is 0.657. The lowest BCUT2D eigenvalue weighted by atomic mass is 9.71. The smallest absolute Gasteiger partial charge is 0.407 e. The summed E-state index contributed by atoms with van der Waals surface area (Å²) in [6, 6.07) is 4.22. The molecule has 2 saturated heterocycles. The molecule has 2 aliphatic heterocycles. The minimum absolute atomic E-state index is 0.0314. The van der Waals surface area contributed by atoms with E-state index in [-0.39, 0.29) is 35.1 Å². The number of anilines is 1. The first kappa shape index (κ1) is 33.9. The van der Waals surface area contributed by atoms with Gasteiger partial charge in [-0.15, -0.1) is 0 Å². The molecule has 0 radical (unpaired) electrons. The lowest BCUT2D eigenvalue weighted by Crippen LogP contribution is -2.61. The van der Waals surface area contributed by atoms with E-state index in [9.17, 15) is 14.0 Å². The first-order chi connectivity index (χ1) is 21.8. The Morgan fingerprint density at radius 2 is 1.80 bits per heavy atom. The van der Waals surface area contributed by atoms with Crippen molar-refractivity contribution in [3.8, 4) is 11.5 Å². The van der Waals surface area contributed by atoms with Crippen molar-refractivity contribution >= 4 is 17.8 Å². The molecule has 0 bridgehead atoms. The summed E-state index contributed by atoms with van der Waals surface area (Å²) < 4.78 is 26.0. The number of aromatic nitrogens is 2. The van der Waals surface area contributed by atoms with Gasteiger partial charge >= 0.3 is 6.09 Å². The molecule has 3 aliphatic rings. The summed E-state index contributed by atoms with van der Waals surface area (Å²) in [5.74, 6) is 1.35. The van der Waals surface area contributed by atoms with Crippen molar-refractivity contribution in [3.05, 3.63) is 42.1 Å². The zero-order chi connectivity index (χ0) is 33.1. The van der Waals surface area contributed by atoms with Gasteiger partial charge in [-0.25, -0.2) is 19.2 Å². The van der Waals surface area contributed by atoms with Crippen LogP contribution >= 0.6 is 0 Å². The average Bonchev–Trinajstić information content (AvgIpc) is 2.98. The van der Waals surface area contributed by atoms with E-state index < -0.39 is 11.4 Å². The number of halogens is 1. The fourth-order valence-corrected chi connectivity index (χ4v) is 7.16. The summed E-state index contributed by atoms with van der Waals surface area (Å²) in [5, 5.41) is 3.05. The molecule has 1 spiro atoms.